The van der Waals surface area contributed by atoms with Gasteiger partial charge in [-0.25, -0.2) is 0 Å². The molecule has 5 heteroatoms. The van der Waals surface area contributed by atoms with Crippen LogP contribution in [0.15, 0.2) is 50.7 Å². The van der Waals surface area contributed by atoms with Crippen molar-refractivity contribution in [1.29, 1.82) is 0 Å². The average Bonchev–Trinajstić information content (AvgIpc) is 2.45. The number of halogens is 3. The Balaban J connectivity index is 2.19. The summed E-state index contributed by atoms with van der Waals surface area (Å²) in [6.07, 6.45) is 0. The molecule has 21 heavy (non-hydrogen) atoms. The number of hydrogen-bond donors (Lipinski definition) is 1. The average molecular weight is 405 g/mol. The first-order chi connectivity index (χ1) is 10.0. The zero-order valence-corrected chi connectivity index (χ0v) is 15.7. The molecular weight excluding hydrogens is 389 g/mol. The highest BCUT2D eigenvalue weighted by atomic mass is 79.9. The zero-order chi connectivity index (χ0) is 15.4. The van der Waals surface area contributed by atoms with Gasteiger partial charge in [0.05, 0.1) is 10.0 Å². The molecule has 0 aliphatic carbocycles. The van der Waals surface area contributed by atoms with Gasteiger partial charge in [-0.05, 0) is 65.3 Å². The lowest BCUT2D eigenvalue weighted by Gasteiger charge is -2.14. The van der Waals surface area contributed by atoms with Crippen LogP contribution in [0.2, 0.25) is 10.0 Å². The fourth-order valence-corrected chi connectivity index (χ4v) is 3.82. The molecule has 0 heterocycles. The molecule has 2 rings (SSSR count). The first-order valence-corrected chi connectivity index (χ1v) is 9.03. The maximum atomic E-state index is 6.06. The van der Waals surface area contributed by atoms with Crippen LogP contribution in [0.3, 0.4) is 0 Å². The van der Waals surface area contributed by atoms with E-state index in [0.717, 1.165) is 20.8 Å². The van der Waals surface area contributed by atoms with E-state index in [-0.39, 0.29) is 0 Å². The summed E-state index contributed by atoms with van der Waals surface area (Å²) in [5, 5.41) is 4.57. The molecule has 0 aliphatic rings. The smallest absolute Gasteiger partial charge is 0.0603 e. The van der Waals surface area contributed by atoms with Gasteiger partial charge in [0.25, 0.3) is 0 Å². The van der Waals surface area contributed by atoms with Crippen molar-refractivity contribution in [3.05, 3.63) is 56.5 Å². The van der Waals surface area contributed by atoms with Gasteiger partial charge in [-0.3, -0.25) is 0 Å². The lowest BCUT2D eigenvalue weighted by atomic mass is 10.1. The van der Waals surface area contributed by atoms with Gasteiger partial charge in [0, 0.05) is 20.3 Å². The highest BCUT2D eigenvalue weighted by Crippen LogP contribution is 2.37. The summed E-state index contributed by atoms with van der Waals surface area (Å²) in [4.78, 5) is 2.22. The normalized spacial score (nSPS) is 12.4. The molecule has 0 saturated heterocycles. The monoisotopic (exact) mass is 403 g/mol. The Morgan fingerprint density at radius 2 is 1.90 bits per heavy atom. The third-order valence-corrected chi connectivity index (χ3v) is 5.81. The van der Waals surface area contributed by atoms with Crippen molar-refractivity contribution in [3.63, 3.8) is 0 Å². The van der Waals surface area contributed by atoms with Gasteiger partial charge in [-0.1, -0.05) is 48.0 Å². The second-order valence-electron chi connectivity index (χ2n) is 4.65. The minimum absolute atomic E-state index is 0.343. The van der Waals surface area contributed by atoms with Gasteiger partial charge < -0.3 is 5.32 Å². The minimum Gasteiger partial charge on any atom is -0.310 e. The molecule has 1 atom stereocenters. The Kier molecular flexibility index (Phi) is 6.45. The summed E-state index contributed by atoms with van der Waals surface area (Å²) < 4.78 is 1.08. The molecule has 1 N–H and O–H groups in total. The molecule has 0 aromatic heterocycles. The second kappa shape index (κ2) is 7.89. The van der Waals surface area contributed by atoms with Crippen LogP contribution < -0.4 is 5.32 Å². The summed E-state index contributed by atoms with van der Waals surface area (Å²) in [5.74, 6) is 0. The molecule has 0 radical (unpaired) electrons. The lowest BCUT2D eigenvalue weighted by molar-refractivity contribution is 0.597. The number of benzene rings is 2. The van der Waals surface area contributed by atoms with Crippen molar-refractivity contribution in [2.45, 2.75) is 29.7 Å². The van der Waals surface area contributed by atoms with Gasteiger partial charge in [-0.15, -0.1) is 0 Å². The van der Waals surface area contributed by atoms with E-state index in [1.165, 1.54) is 5.56 Å². The van der Waals surface area contributed by atoms with Gasteiger partial charge in [0.1, 0.15) is 0 Å². The molecule has 0 aliphatic heterocycles. The van der Waals surface area contributed by atoms with Crippen LogP contribution in [-0.2, 0) is 0 Å². The van der Waals surface area contributed by atoms with Crippen molar-refractivity contribution < 1.29 is 0 Å². The van der Waals surface area contributed by atoms with E-state index in [0.29, 0.717) is 16.1 Å². The molecule has 0 spiro atoms. The Hall–Kier alpha value is -0.190. The maximum Gasteiger partial charge on any atom is 0.0603 e. The number of hydrogen-bond acceptors (Lipinski definition) is 2. The minimum atomic E-state index is 0.343. The number of rotatable bonds is 5. The van der Waals surface area contributed by atoms with E-state index in [4.69, 9.17) is 23.2 Å². The Labute approximate surface area is 148 Å². The van der Waals surface area contributed by atoms with Crippen molar-refractivity contribution in [1.82, 2.24) is 5.32 Å². The van der Waals surface area contributed by atoms with E-state index >= 15 is 0 Å². The van der Waals surface area contributed by atoms with Crippen molar-refractivity contribution in [3.8, 4) is 0 Å². The highest BCUT2D eigenvalue weighted by molar-refractivity contribution is 9.10. The van der Waals surface area contributed by atoms with Gasteiger partial charge in [0.2, 0.25) is 0 Å². The molecular formula is C16H16BrCl2NS. The predicted octanol–water partition coefficient (Wildman–Crippen LogP) is 6.58. The first-order valence-electron chi connectivity index (χ1n) is 6.67. The summed E-state index contributed by atoms with van der Waals surface area (Å²) in [6, 6.07) is 12.5. The van der Waals surface area contributed by atoms with Gasteiger partial charge >= 0.3 is 0 Å². The highest BCUT2D eigenvalue weighted by Gasteiger charge is 2.09. The third-order valence-electron chi connectivity index (χ3n) is 3.09. The van der Waals surface area contributed by atoms with Crippen LogP contribution in [0.1, 0.15) is 25.5 Å². The van der Waals surface area contributed by atoms with Crippen LogP contribution in [0.25, 0.3) is 0 Å². The van der Waals surface area contributed by atoms with Crippen LogP contribution in [0.4, 0.5) is 0 Å². The lowest BCUT2D eigenvalue weighted by Crippen LogP contribution is -2.17. The maximum absolute atomic E-state index is 6.06. The van der Waals surface area contributed by atoms with E-state index in [1.54, 1.807) is 11.8 Å². The SMILES string of the molecule is CCNC(C)c1ccc(Sc2ccc(Cl)c(Cl)c2)c(Br)c1. The molecule has 2 aromatic carbocycles. The van der Waals surface area contributed by atoms with E-state index < -0.39 is 0 Å². The van der Waals surface area contributed by atoms with Gasteiger partial charge in [-0.2, -0.15) is 0 Å². The van der Waals surface area contributed by atoms with E-state index in [1.807, 2.05) is 18.2 Å². The number of nitrogens with one attached hydrogen (secondary N) is 1. The molecule has 2 aromatic rings. The Morgan fingerprint density at radius 1 is 1.14 bits per heavy atom. The quantitative estimate of drug-likeness (QED) is 0.603. The van der Waals surface area contributed by atoms with Crippen molar-refractivity contribution in [2.75, 3.05) is 6.54 Å². The van der Waals surface area contributed by atoms with Gasteiger partial charge in [0.15, 0.2) is 0 Å². The molecule has 0 amide bonds. The summed E-state index contributed by atoms with van der Waals surface area (Å²) >= 11 is 17.3. The summed E-state index contributed by atoms with van der Waals surface area (Å²) in [5.41, 5.74) is 1.27. The van der Waals surface area contributed by atoms with E-state index in [9.17, 15) is 0 Å². The Morgan fingerprint density at radius 3 is 2.52 bits per heavy atom. The first kappa shape index (κ1) is 17.2. The fraction of sp³-hybridized carbons (Fsp3) is 0.250. The largest absolute Gasteiger partial charge is 0.310 e. The predicted molar refractivity (Wildman–Crippen MR) is 96.8 cm³/mol. The Bertz CT molecular complexity index is 634. The third kappa shape index (κ3) is 4.64. The van der Waals surface area contributed by atoms with Crippen LogP contribution >= 0.6 is 50.9 Å². The van der Waals surface area contributed by atoms with E-state index in [2.05, 4.69) is 53.3 Å². The molecule has 112 valence electrons. The standard InChI is InChI=1S/C16H16BrCl2NS/c1-3-20-10(2)11-4-7-16(13(17)8-11)21-12-5-6-14(18)15(19)9-12/h4-10,20H,3H2,1-2H3. The molecule has 0 saturated carbocycles. The zero-order valence-electron chi connectivity index (χ0n) is 11.8. The van der Waals surface area contributed by atoms with Crippen LogP contribution in [0, 0.1) is 0 Å². The van der Waals surface area contributed by atoms with Crippen molar-refractivity contribution in [2.24, 2.45) is 0 Å². The van der Waals surface area contributed by atoms with Crippen molar-refractivity contribution >= 4 is 50.9 Å². The molecule has 0 fully saturated rings. The molecule has 1 unspecified atom stereocenters. The van der Waals surface area contributed by atoms with Crippen LogP contribution in [-0.4, -0.2) is 6.54 Å². The summed E-state index contributed by atoms with van der Waals surface area (Å²) in [7, 11) is 0. The van der Waals surface area contributed by atoms with Crippen LogP contribution in [0.5, 0.6) is 0 Å². The fourth-order valence-electron chi connectivity index (χ4n) is 1.96. The molecule has 0 bridgehead atoms. The molecule has 1 nitrogen and oxygen atoms in total. The summed E-state index contributed by atoms with van der Waals surface area (Å²) in [6.45, 7) is 5.23. The topological polar surface area (TPSA) is 12.0 Å². The second-order valence-corrected chi connectivity index (χ2v) is 7.43.